The Hall–Kier alpha value is -3.69. The molecule has 46 heavy (non-hydrogen) atoms. The number of hydrogen-bond donors (Lipinski definition) is 1. The van der Waals surface area contributed by atoms with Crippen LogP contribution in [0.25, 0.3) is 0 Å². The highest BCUT2D eigenvalue weighted by Crippen LogP contribution is 2.49. The summed E-state index contributed by atoms with van der Waals surface area (Å²) < 4.78 is 167. The zero-order valence-electron chi connectivity index (χ0n) is 23.5. The molecule has 1 N–H and O–H groups in total. The number of hydrogen-bond acceptors (Lipinski definition) is 4. The van der Waals surface area contributed by atoms with Gasteiger partial charge in [-0.05, 0) is 79.3 Å². The summed E-state index contributed by atoms with van der Waals surface area (Å²) in [4.78, 5) is 7.36. The lowest BCUT2D eigenvalue weighted by atomic mass is 9.76. The van der Waals surface area contributed by atoms with E-state index in [1.807, 2.05) is 4.90 Å². The van der Waals surface area contributed by atoms with Crippen molar-refractivity contribution >= 4 is 11.4 Å². The summed E-state index contributed by atoms with van der Waals surface area (Å²) >= 11 is 0. The van der Waals surface area contributed by atoms with Crippen molar-refractivity contribution in [1.82, 2.24) is 4.98 Å². The molecule has 0 aliphatic carbocycles. The quantitative estimate of drug-likeness (QED) is 0.276. The Kier molecular flexibility index (Phi) is 8.44. The van der Waals surface area contributed by atoms with E-state index in [1.165, 1.54) is 17.3 Å². The third-order valence-electron chi connectivity index (χ3n) is 8.32. The highest BCUT2D eigenvalue weighted by Gasteiger charge is 2.50. The second-order valence-corrected chi connectivity index (χ2v) is 11.3. The van der Waals surface area contributed by atoms with E-state index in [2.05, 4.69) is 4.98 Å². The van der Waals surface area contributed by atoms with Gasteiger partial charge in [0.15, 0.2) is 0 Å². The average molecular weight is 672 g/mol. The highest BCUT2D eigenvalue weighted by molar-refractivity contribution is 5.72. The first-order valence-electron chi connectivity index (χ1n) is 14.0. The Balaban J connectivity index is 1.83. The number of pyridine rings is 1. The topological polar surface area (TPSA) is 39.6 Å². The van der Waals surface area contributed by atoms with Crippen molar-refractivity contribution < 1.29 is 57.8 Å². The van der Waals surface area contributed by atoms with Gasteiger partial charge in [-0.2, -0.15) is 52.7 Å². The summed E-state index contributed by atoms with van der Waals surface area (Å²) in [5.41, 5.74) is -12.4. The van der Waals surface area contributed by atoms with E-state index < -0.39 is 69.7 Å². The second kappa shape index (κ2) is 11.5. The SMILES string of the molecule is OC(c1cc(C(F)(F)F)cc(C(F)(F)F)c1)(c1cc(C(F)(F)F)cc(C(F)(F)F)c1)[C@@H]1CCCN1c1cnccc1N1CCCC1. The van der Waals surface area contributed by atoms with E-state index in [4.69, 9.17) is 0 Å². The minimum absolute atomic E-state index is 0.00961. The molecule has 0 spiro atoms. The smallest absolute Gasteiger partial charge is 0.378 e. The van der Waals surface area contributed by atoms with Crippen molar-refractivity contribution in [3.05, 3.63) is 88.2 Å². The first kappa shape index (κ1) is 33.7. The molecule has 5 rings (SSSR count). The van der Waals surface area contributed by atoms with E-state index in [-0.39, 0.29) is 61.5 Å². The predicted octanol–water partition coefficient (Wildman–Crippen LogP) is 8.66. The average Bonchev–Trinajstić information content (AvgIpc) is 3.68. The van der Waals surface area contributed by atoms with Crippen LogP contribution in [0, 0.1) is 0 Å². The Morgan fingerprint density at radius 2 is 0.978 bits per heavy atom. The van der Waals surface area contributed by atoms with Crippen molar-refractivity contribution in [2.75, 3.05) is 29.4 Å². The van der Waals surface area contributed by atoms with Crippen LogP contribution in [0.15, 0.2) is 54.9 Å². The van der Waals surface area contributed by atoms with Crippen LogP contribution in [-0.2, 0) is 30.3 Å². The highest BCUT2D eigenvalue weighted by atomic mass is 19.4. The molecule has 0 radical (unpaired) electrons. The third kappa shape index (κ3) is 6.45. The monoisotopic (exact) mass is 671 g/mol. The van der Waals surface area contributed by atoms with E-state index in [1.54, 1.807) is 6.07 Å². The maximum atomic E-state index is 13.9. The van der Waals surface area contributed by atoms with Crippen molar-refractivity contribution in [3.8, 4) is 0 Å². The zero-order chi connectivity index (χ0) is 33.9. The van der Waals surface area contributed by atoms with Crippen LogP contribution in [0.5, 0.6) is 0 Å². The van der Waals surface area contributed by atoms with Crippen LogP contribution in [0.1, 0.15) is 59.1 Å². The van der Waals surface area contributed by atoms with Crippen LogP contribution in [0.3, 0.4) is 0 Å². The maximum Gasteiger partial charge on any atom is 0.416 e. The lowest BCUT2D eigenvalue weighted by molar-refractivity contribution is -0.144. The fourth-order valence-electron chi connectivity index (χ4n) is 6.22. The molecule has 4 nitrogen and oxygen atoms in total. The molecule has 2 aliphatic heterocycles. The van der Waals surface area contributed by atoms with Gasteiger partial charge in [0.2, 0.25) is 0 Å². The molecule has 1 aromatic heterocycles. The minimum Gasteiger partial charge on any atom is -0.378 e. The molecular weight excluding hydrogens is 646 g/mol. The zero-order valence-corrected chi connectivity index (χ0v) is 23.5. The molecule has 2 aliphatic rings. The van der Waals surface area contributed by atoms with Crippen molar-refractivity contribution in [1.29, 1.82) is 0 Å². The first-order valence-corrected chi connectivity index (χ1v) is 14.0. The largest absolute Gasteiger partial charge is 0.416 e. The number of nitrogens with zero attached hydrogens (tertiary/aromatic N) is 3. The molecule has 3 aromatic rings. The standard InChI is InChI=1S/C30H25F12N3O/c31-27(32,33)19-10-17(11-20(14-19)28(34,35)36)26(46,18-12-21(29(37,38)39)15-22(13-18)30(40,41)42)25-4-3-9-45(25)24-16-43-6-5-23(24)44-7-1-2-8-44/h5-6,10-16,25,46H,1-4,7-9H2/t25-/m0/s1. The number of anilines is 2. The van der Waals surface area contributed by atoms with Gasteiger partial charge in [-0.25, -0.2) is 0 Å². The summed E-state index contributed by atoms with van der Waals surface area (Å²) in [6, 6.07) is 0.00778. The Labute approximate surface area is 254 Å². The molecule has 1 atom stereocenters. The Bertz CT molecular complexity index is 1430. The van der Waals surface area contributed by atoms with Gasteiger partial charge < -0.3 is 14.9 Å². The van der Waals surface area contributed by atoms with Gasteiger partial charge in [-0.15, -0.1) is 0 Å². The van der Waals surface area contributed by atoms with E-state index >= 15 is 0 Å². The lowest BCUT2D eigenvalue weighted by Crippen LogP contribution is -2.49. The number of halogens is 12. The van der Waals surface area contributed by atoms with E-state index in [0.717, 1.165) is 12.8 Å². The fraction of sp³-hybridized carbons (Fsp3) is 0.433. The van der Waals surface area contributed by atoms with E-state index in [0.29, 0.717) is 18.8 Å². The number of benzene rings is 2. The van der Waals surface area contributed by atoms with Crippen LogP contribution in [0.4, 0.5) is 64.1 Å². The number of alkyl halides is 12. The summed E-state index contributed by atoms with van der Waals surface area (Å²) in [7, 11) is 0. The summed E-state index contributed by atoms with van der Waals surface area (Å²) in [6.07, 6.45) is -17.4. The molecule has 0 amide bonds. The van der Waals surface area contributed by atoms with Gasteiger partial charge in [0, 0.05) is 25.8 Å². The summed E-state index contributed by atoms with van der Waals surface area (Å²) in [5.74, 6) is 0. The number of rotatable bonds is 5. The van der Waals surface area contributed by atoms with Gasteiger partial charge in [-0.1, -0.05) is 0 Å². The van der Waals surface area contributed by atoms with Gasteiger partial charge in [0.25, 0.3) is 0 Å². The molecule has 0 unspecified atom stereocenters. The van der Waals surface area contributed by atoms with E-state index in [9.17, 15) is 57.8 Å². The number of aliphatic hydroxyl groups is 1. The van der Waals surface area contributed by atoms with Gasteiger partial charge in [0.1, 0.15) is 5.60 Å². The Morgan fingerprint density at radius 3 is 1.39 bits per heavy atom. The van der Waals surface area contributed by atoms with Crippen molar-refractivity contribution in [2.45, 2.75) is 62.0 Å². The van der Waals surface area contributed by atoms with Crippen LogP contribution >= 0.6 is 0 Å². The van der Waals surface area contributed by atoms with Gasteiger partial charge >= 0.3 is 24.7 Å². The Morgan fingerprint density at radius 1 is 0.565 bits per heavy atom. The molecular formula is C30H25F12N3O. The molecule has 0 bridgehead atoms. The van der Waals surface area contributed by atoms with Crippen LogP contribution in [0.2, 0.25) is 0 Å². The first-order chi connectivity index (χ1) is 21.2. The van der Waals surface area contributed by atoms with Crippen molar-refractivity contribution in [2.24, 2.45) is 0 Å². The van der Waals surface area contributed by atoms with Crippen LogP contribution < -0.4 is 9.80 Å². The summed E-state index contributed by atoms with van der Waals surface area (Å²) in [5, 5.41) is 12.5. The summed E-state index contributed by atoms with van der Waals surface area (Å²) in [6.45, 7) is 1.16. The fourth-order valence-corrected chi connectivity index (χ4v) is 6.22. The minimum atomic E-state index is -5.43. The van der Waals surface area contributed by atoms with Crippen molar-refractivity contribution in [3.63, 3.8) is 0 Å². The lowest BCUT2D eigenvalue weighted by Gasteiger charge is -2.42. The van der Waals surface area contributed by atoms with Gasteiger partial charge in [0.05, 0.1) is 45.9 Å². The molecule has 250 valence electrons. The predicted molar refractivity (Wildman–Crippen MR) is 142 cm³/mol. The molecule has 2 saturated heterocycles. The normalized spacial score (nSPS) is 18.5. The maximum absolute atomic E-state index is 13.9. The van der Waals surface area contributed by atoms with Gasteiger partial charge in [-0.3, -0.25) is 4.98 Å². The van der Waals surface area contributed by atoms with Crippen LogP contribution in [-0.4, -0.2) is 35.8 Å². The molecule has 16 heteroatoms. The molecule has 2 aromatic carbocycles. The number of aromatic nitrogens is 1. The second-order valence-electron chi connectivity index (χ2n) is 11.3. The third-order valence-corrected chi connectivity index (χ3v) is 8.32. The molecule has 0 saturated carbocycles. The molecule has 3 heterocycles. The molecule has 2 fully saturated rings.